The lowest BCUT2D eigenvalue weighted by molar-refractivity contribution is -0.129. The Labute approximate surface area is 175 Å². The Hall–Kier alpha value is -3.45. The third kappa shape index (κ3) is 2.74. The number of nitrogens with zero attached hydrogens (tertiary/aromatic N) is 1. The average Bonchev–Trinajstić information content (AvgIpc) is 2.80. The quantitative estimate of drug-likeness (QED) is 0.696. The van der Waals surface area contributed by atoms with Gasteiger partial charge in [-0.15, -0.1) is 0 Å². The van der Waals surface area contributed by atoms with Gasteiger partial charge in [-0.1, -0.05) is 60.7 Å². The second-order valence-electron chi connectivity index (χ2n) is 8.16. The van der Waals surface area contributed by atoms with Crippen molar-refractivity contribution in [1.82, 2.24) is 5.32 Å². The molecule has 3 aromatic rings. The molecule has 0 aliphatic heterocycles. The number of carbonyl (C=O) groups excluding carboxylic acids is 1. The van der Waals surface area contributed by atoms with Crippen molar-refractivity contribution in [3.05, 3.63) is 106 Å². The molecule has 0 saturated heterocycles. The second kappa shape index (κ2) is 7.11. The Morgan fingerprint density at radius 1 is 0.967 bits per heavy atom. The van der Waals surface area contributed by atoms with E-state index in [4.69, 9.17) is 0 Å². The number of amides is 1. The minimum Gasteiger partial charge on any atom is -0.354 e. The van der Waals surface area contributed by atoms with Crippen molar-refractivity contribution < 1.29 is 9.18 Å². The molecule has 2 bridgehead atoms. The molecule has 0 aromatic heterocycles. The minimum absolute atomic E-state index is 0.0462. The molecule has 4 heteroatoms. The van der Waals surface area contributed by atoms with Gasteiger partial charge in [0.05, 0.1) is 6.07 Å². The lowest BCUT2D eigenvalue weighted by Gasteiger charge is -2.48. The van der Waals surface area contributed by atoms with Crippen LogP contribution in [0.25, 0.3) is 0 Å². The van der Waals surface area contributed by atoms with Crippen molar-refractivity contribution in [3.63, 3.8) is 0 Å². The molecule has 1 N–H and O–H groups in total. The van der Waals surface area contributed by atoms with Crippen molar-refractivity contribution in [1.29, 1.82) is 5.26 Å². The summed E-state index contributed by atoms with van der Waals surface area (Å²) in [5.74, 6) is -0.719. The largest absolute Gasteiger partial charge is 0.354 e. The van der Waals surface area contributed by atoms with Crippen LogP contribution in [-0.4, -0.2) is 12.5 Å². The van der Waals surface area contributed by atoms with Crippen LogP contribution >= 0.6 is 0 Å². The van der Waals surface area contributed by atoms with Crippen LogP contribution in [0.3, 0.4) is 0 Å². The summed E-state index contributed by atoms with van der Waals surface area (Å²) in [4.78, 5) is 13.4. The summed E-state index contributed by atoms with van der Waals surface area (Å²) in [6, 6.07) is 25.1. The molecule has 1 atom stereocenters. The summed E-state index contributed by atoms with van der Waals surface area (Å²) in [6.07, 6.45) is 1.08. The molecule has 148 valence electrons. The highest BCUT2D eigenvalue weighted by molar-refractivity contribution is 5.89. The lowest BCUT2D eigenvalue weighted by atomic mass is 9.52. The van der Waals surface area contributed by atoms with Crippen molar-refractivity contribution >= 4 is 5.91 Å². The average molecular weight is 396 g/mol. The summed E-state index contributed by atoms with van der Waals surface area (Å²) < 4.78 is 13.1. The van der Waals surface area contributed by atoms with Crippen LogP contribution in [0.1, 0.15) is 46.1 Å². The predicted octanol–water partition coefficient (Wildman–Crippen LogP) is 4.68. The van der Waals surface area contributed by atoms with E-state index in [1.165, 1.54) is 23.3 Å². The number of benzene rings is 3. The SMILES string of the molecule is N#CC1(C(=O)NCCc2ccc(F)cc2)CC2c3ccccc3C1c1ccccc12. The van der Waals surface area contributed by atoms with Gasteiger partial charge < -0.3 is 5.32 Å². The van der Waals surface area contributed by atoms with E-state index >= 15 is 0 Å². The molecule has 6 rings (SSSR count). The Morgan fingerprint density at radius 3 is 2.10 bits per heavy atom. The highest BCUT2D eigenvalue weighted by atomic mass is 19.1. The summed E-state index contributed by atoms with van der Waals surface area (Å²) in [5, 5.41) is 13.3. The van der Waals surface area contributed by atoms with Crippen LogP contribution in [0, 0.1) is 22.6 Å². The summed E-state index contributed by atoms with van der Waals surface area (Å²) in [5.41, 5.74) is 4.45. The first-order valence-electron chi connectivity index (χ1n) is 10.3. The lowest BCUT2D eigenvalue weighted by Crippen LogP contribution is -2.50. The summed E-state index contributed by atoms with van der Waals surface area (Å²) in [6.45, 7) is 0.411. The molecule has 3 nitrogen and oxygen atoms in total. The van der Waals surface area contributed by atoms with Gasteiger partial charge in [0, 0.05) is 18.4 Å². The molecule has 3 aliphatic carbocycles. The first-order valence-corrected chi connectivity index (χ1v) is 10.3. The fourth-order valence-electron chi connectivity index (χ4n) is 5.22. The number of carbonyl (C=O) groups is 1. The highest BCUT2D eigenvalue weighted by Gasteiger charge is 2.57. The molecule has 30 heavy (non-hydrogen) atoms. The summed E-state index contributed by atoms with van der Waals surface area (Å²) >= 11 is 0. The van der Waals surface area contributed by atoms with E-state index in [1.807, 2.05) is 24.3 Å². The zero-order valence-corrected chi connectivity index (χ0v) is 16.4. The maximum Gasteiger partial charge on any atom is 0.241 e. The maximum absolute atomic E-state index is 13.4. The van der Waals surface area contributed by atoms with Gasteiger partial charge in [-0.25, -0.2) is 4.39 Å². The monoisotopic (exact) mass is 396 g/mol. The van der Waals surface area contributed by atoms with Crippen LogP contribution in [0.2, 0.25) is 0 Å². The van der Waals surface area contributed by atoms with Gasteiger partial charge in [0.25, 0.3) is 0 Å². The normalized spacial score (nSPS) is 23.2. The van der Waals surface area contributed by atoms with Crippen LogP contribution in [-0.2, 0) is 11.2 Å². The van der Waals surface area contributed by atoms with E-state index in [0.717, 1.165) is 16.7 Å². The molecule has 1 amide bonds. The summed E-state index contributed by atoms with van der Waals surface area (Å²) in [7, 11) is 0. The number of rotatable bonds is 4. The minimum atomic E-state index is -1.13. The zero-order valence-electron chi connectivity index (χ0n) is 16.4. The zero-order chi connectivity index (χ0) is 20.7. The van der Waals surface area contributed by atoms with Crippen molar-refractivity contribution in [3.8, 4) is 6.07 Å². The van der Waals surface area contributed by atoms with Gasteiger partial charge >= 0.3 is 0 Å². The number of halogens is 1. The molecule has 3 aromatic carbocycles. The van der Waals surface area contributed by atoms with Crippen LogP contribution in [0.4, 0.5) is 4.39 Å². The van der Waals surface area contributed by atoms with Gasteiger partial charge in [0.1, 0.15) is 11.2 Å². The molecule has 0 fully saturated rings. The van der Waals surface area contributed by atoms with E-state index in [1.54, 1.807) is 12.1 Å². The fourth-order valence-corrected chi connectivity index (χ4v) is 5.22. The third-order valence-corrected chi connectivity index (χ3v) is 6.60. The topological polar surface area (TPSA) is 52.9 Å². The molecule has 3 aliphatic rings. The number of fused-ring (bicyclic) bond motifs is 1. The van der Waals surface area contributed by atoms with E-state index in [2.05, 4.69) is 35.7 Å². The first-order chi connectivity index (χ1) is 14.6. The standard InChI is InChI=1S/C26H21FN2O/c27-18-11-9-17(10-12-18)13-14-29-25(30)26(16-28)15-23-19-5-1-3-7-21(19)24(26)22-8-4-2-6-20(22)23/h1-12,23-24H,13-15H2,(H,29,30). The van der Waals surface area contributed by atoms with E-state index in [0.29, 0.717) is 19.4 Å². The van der Waals surface area contributed by atoms with Crippen molar-refractivity contribution in [2.45, 2.75) is 24.7 Å². The number of nitrogens with one attached hydrogen (secondary N) is 1. The molecule has 0 radical (unpaired) electrons. The fraction of sp³-hybridized carbons (Fsp3) is 0.231. The molecule has 0 heterocycles. The molecular weight excluding hydrogens is 375 g/mol. The second-order valence-corrected chi connectivity index (χ2v) is 8.16. The number of nitriles is 1. The molecule has 0 saturated carbocycles. The van der Waals surface area contributed by atoms with E-state index in [9.17, 15) is 14.4 Å². The van der Waals surface area contributed by atoms with Crippen molar-refractivity contribution in [2.24, 2.45) is 5.41 Å². The number of hydrogen-bond donors (Lipinski definition) is 1. The van der Waals surface area contributed by atoms with Crippen molar-refractivity contribution in [2.75, 3.05) is 6.54 Å². The van der Waals surface area contributed by atoms with Crippen LogP contribution in [0.15, 0.2) is 72.8 Å². The van der Waals surface area contributed by atoms with Gasteiger partial charge in [-0.05, 0) is 52.8 Å². The Morgan fingerprint density at radius 2 is 1.53 bits per heavy atom. The Bertz CT molecular complexity index is 1120. The maximum atomic E-state index is 13.4. The van der Waals surface area contributed by atoms with Crippen LogP contribution in [0.5, 0.6) is 0 Å². The van der Waals surface area contributed by atoms with Gasteiger partial charge in [0.15, 0.2) is 0 Å². The first kappa shape index (κ1) is 18.6. The molecule has 1 unspecified atom stereocenters. The smallest absolute Gasteiger partial charge is 0.241 e. The van der Waals surface area contributed by atoms with Crippen LogP contribution < -0.4 is 5.32 Å². The van der Waals surface area contributed by atoms with Gasteiger partial charge in [-0.2, -0.15) is 5.26 Å². The van der Waals surface area contributed by atoms with E-state index in [-0.39, 0.29) is 23.6 Å². The molecule has 0 spiro atoms. The third-order valence-electron chi connectivity index (χ3n) is 6.60. The highest BCUT2D eigenvalue weighted by Crippen LogP contribution is 2.60. The van der Waals surface area contributed by atoms with Gasteiger partial charge in [-0.3, -0.25) is 4.79 Å². The number of hydrogen-bond acceptors (Lipinski definition) is 2. The predicted molar refractivity (Wildman–Crippen MR) is 112 cm³/mol. The molecular formula is C26H21FN2O. The van der Waals surface area contributed by atoms with E-state index < -0.39 is 5.41 Å². The Kier molecular flexibility index (Phi) is 4.40. The Balaban J connectivity index is 1.46. The van der Waals surface area contributed by atoms with Gasteiger partial charge in [0.2, 0.25) is 5.91 Å².